The van der Waals surface area contributed by atoms with Crippen LogP contribution in [0.1, 0.15) is 6.92 Å². The SMILES string of the molecule is CC(=O)Nc1ccc(N(c2ccccc2)c2ccccc2)cc1. The van der Waals surface area contributed by atoms with Gasteiger partial charge in [0.1, 0.15) is 0 Å². The number of carbonyl (C=O) groups excluding carboxylic acids is 1. The summed E-state index contributed by atoms with van der Waals surface area (Å²) in [5, 5.41) is 2.79. The molecule has 0 aliphatic heterocycles. The Balaban J connectivity index is 2.00. The molecule has 3 aromatic rings. The van der Waals surface area contributed by atoms with Gasteiger partial charge in [0.15, 0.2) is 0 Å². The molecule has 0 aromatic heterocycles. The van der Waals surface area contributed by atoms with Crippen LogP contribution < -0.4 is 10.2 Å². The molecule has 0 radical (unpaired) electrons. The van der Waals surface area contributed by atoms with E-state index in [2.05, 4.69) is 34.5 Å². The Bertz CT molecular complexity index is 728. The zero-order chi connectivity index (χ0) is 16.1. The average molecular weight is 302 g/mol. The third kappa shape index (κ3) is 3.58. The van der Waals surface area contributed by atoms with Crippen LogP contribution >= 0.6 is 0 Å². The summed E-state index contributed by atoms with van der Waals surface area (Å²) in [4.78, 5) is 13.3. The molecule has 1 N–H and O–H groups in total. The highest BCUT2D eigenvalue weighted by Crippen LogP contribution is 2.34. The fourth-order valence-electron chi connectivity index (χ4n) is 2.50. The number of nitrogens with one attached hydrogen (secondary N) is 1. The minimum Gasteiger partial charge on any atom is -0.326 e. The number of rotatable bonds is 4. The van der Waals surface area contributed by atoms with Gasteiger partial charge in [0.25, 0.3) is 0 Å². The van der Waals surface area contributed by atoms with E-state index in [1.807, 2.05) is 60.7 Å². The number of amides is 1. The molecule has 0 fully saturated rings. The highest BCUT2D eigenvalue weighted by Gasteiger charge is 2.11. The number of hydrogen-bond acceptors (Lipinski definition) is 2. The monoisotopic (exact) mass is 302 g/mol. The highest BCUT2D eigenvalue weighted by molar-refractivity contribution is 5.89. The first-order chi connectivity index (χ1) is 11.2. The lowest BCUT2D eigenvalue weighted by molar-refractivity contribution is -0.114. The van der Waals surface area contributed by atoms with Crippen molar-refractivity contribution in [3.63, 3.8) is 0 Å². The second-order valence-corrected chi connectivity index (χ2v) is 5.23. The molecule has 0 heterocycles. The van der Waals surface area contributed by atoms with Gasteiger partial charge in [-0.15, -0.1) is 0 Å². The van der Waals surface area contributed by atoms with Crippen LogP contribution in [0.5, 0.6) is 0 Å². The Morgan fingerprint density at radius 2 is 1.13 bits per heavy atom. The fraction of sp³-hybridized carbons (Fsp3) is 0.0500. The van der Waals surface area contributed by atoms with Crippen LogP contribution in [0.4, 0.5) is 22.7 Å². The van der Waals surface area contributed by atoms with Gasteiger partial charge in [0, 0.05) is 29.7 Å². The number of para-hydroxylation sites is 2. The molecular formula is C20H18N2O. The first-order valence-corrected chi connectivity index (χ1v) is 7.52. The van der Waals surface area contributed by atoms with Gasteiger partial charge in [-0.25, -0.2) is 0 Å². The van der Waals surface area contributed by atoms with Crippen molar-refractivity contribution in [2.24, 2.45) is 0 Å². The van der Waals surface area contributed by atoms with Crippen LogP contribution in [0, 0.1) is 0 Å². The molecule has 3 rings (SSSR count). The summed E-state index contributed by atoms with van der Waals surface area (Å²) < 4.78 is 0. The van der Waals surface area contributed by atoms with Gasteiger partial charge in [-0.05, 0) is 48.5 Å². The summed E-state index contributed by atoms with van der Waals surface area (Å²) in [6.07, 6.45) is 0. The van der Waals surface area contributed by atoms with E-state index in [9.17, 15) is 4.79 Å². The molecule has 0 unspecified atom stereocenters. The zero-order valence-corrected chi connectivity index (χ0v) is 12.9. The Kier molecular flexibility index (Phi) is 4.39. The predicted octanol–water partition coefficient (Wildman–Crippen LogP) is 5.11. The normalized spacial score (nSPS) is 10.1. The molecule has 0 bridgehead atoms. The van der Waals surface area contributed by atoms with E-state index in [1.165, 1.54) is 6.92 Å². The zero-order valence-electron chi connectivity index (χ0n) is 12.9. The first-order valence-electron chi connectivity index (χ1n) is 7.52. The van der Waals surface area contributed by atoms with Gasteiger partial charge < -0.3 is 10.2 Å². The maximum atomic E-state index is 11.2. The number of hydrogen-bond donors (Lipinski definition) is 1. The molecule has 0 aliphatic carbocycles. The molecule has 0 spiro atoms. The lowest BCUT2D eigenvalue weighted by atomic mass is 10.2. The Morgan fingerprint density at radius 3 is 1.57 bits per heavy atom. The average Bonchev–Trinajstić information content (AvgIpc) is 2.58. The molecule has 3 heteroatoms. The van der Waals surface area contributed by atoms with Gasteiger partial charge in [-0.1, -0.05) is 36.4 Å². The molecule has 3 nitrogen and oxygen atoms in total. The second kappa shape index (κ2) is 6.79. The summed E-state index contributed by atoms with van der Waals surface area (Å²) in [6, 6.07) is 28.3. The van der Waals surface area contributed by atoms with Gasteiger partial charge >= 0.3 is 0 Å². The van der Waals surface area contributed by atoms with E-state index in [0.717, 1.165) is 22.7 Å². The van der Waals surface area contributed by atoms with Crippen molar-refractivity contribution in [3.8, 4) is 0 Å². The number of carbonyl (C=O) groups is 1. The van der Waals surface area contributed by atoms with Gasteiger partial charge in [0.05, 0.1) is 0 Å². The van der Waals surface area contributed by atoms with E-state index in [0.29, 0.717) is 0 Å². The number of benzene rings is 3. The molecule has 114 valence electrons. The topological polar surface area (TPSA) is 32.3 Å². The lowest BCUT2D eigenvalue weighted by Crippen LogP contribution is -2.10. The third-order valence-electron chi connectivity index (χ3n) is 3.47. The van der Waals surface area contributed by atoms with Gasteiger partial charge in [-0.2, -0.15) is 0 Å². The van der Waals surface area contributed by atoms with Crippen LogP contribution in [0.25, 0.3) is 0 Å². The van der Waals surface area contributed by atoms with Crippen LogP contribution in [-0.4, -0.2) is 5.91 Å². The van der Waals surface area contributed by atoms with Gasteiger partial charge in [-0.3, -0.25) is 4.79 Å². The molecule has 0 saturated heterocycles. The summed E-state index contributed by atoms with van der Waals surface area (Å²) in [7, 11) is 0. The van der Waals surface area contributed by atoms with Crippen LogP contribution in [0.2, 0.25) is 0 Å². The number of nitrogens with zero attached hydrogens (tertiary/aromatic N) is 1. The quantitative estimate of drug-likeness (QED) is 0.726. The number of anilines is 4. The van der Waals surface area contributed by atoms with E-state index in [-0.39, 0.29) is 5.91 Å². The van der Waals surface area contributed by atoms with E-state index in [4.69, 9.17) is 0 Å². The van der Waals surface area contributed by atoms with Crippen molar-refractivity contribution < 1.29 is 4.79 Å². The van der Waals surface area contributed by atoms with Crippen molar-refractivity contribution >= 4 is 28.7 Å². The minimum atomic E-state index is -0.0688. The van der Waals surface area contributed by atoms with Crippen LogP contribution in [0.3, 0.4) is 0 Å². The lowest BCUT2D eigenvalue weighted by Gasteiger charge is -2.25. The fourth-order valence-corrected chi connectivity index (χ4v) is 2.50. The van der Waals surface area contributed by atoms with Crippen molar-refractivity contribution in [1.82, 2.24) is 0 Å². The van der Waals surface area contributed by atoms with Crippen LogP contribution in [0.15, 0.2) is 84.9 Å². The van der Waals surface area contributed by atoms with E-state index in [1.54, 1.807) is 0 Å². The van der Waals surface area contributed by atoms with Gasteiger partial charge in [0.2, 0.25) is 5.91 Å². The largest absolute Gasteiger partial charge is 0.326 e. The molecule has 3 aromatic carbocycles. The summed E-state index contributed by atoms with van der Waals surface area (Å²) in [6.45, 7) is 1.51. The van der Waals surface area contributed by atoms with Crippen molar-refractivity contribution in [1.29, 1.82) is 0 Å². The second-order valence-electron chi connectivity index (χ2n) is 5.23. The Labute approximate surface area is 136 Å². The van der Waals surface area contributed by atoms with E-state index < -0.39 is 0 Å². The maximum Gasteiger partial charge on any atom is 0.221 e. The first kappa shape index (κ1) is 14.9. The molecule has 0 saturated carbocycles. The van der Waals surface area contributed by atoms with Crippen molar-refractivity contribution in [2.75, 3.05) is 10.2 Å². The summed E-state index contributed by atoms with van der Waals surface area (Å²) in [5.74, 6) is -0.0688. The van der Waals surface area contributed by atoms with E-state index >= 15 is 0 Å². The van der Waals surface area contributed by atoms with Crippen molar-refractivity contribution in [3.05, 3.63) is 84.9 Å². The summed E-state index contributed by atoms with van der Waals surface area (Å²) >= 11 is 0. The van der Waals surface area contributed by atoms with Crippen molar-refractivity contribution in [2.45, 2.75) is 6.92 Å². The van der Waals surface area contributed by atoms with Crippen LogP contribution in [-0.2, 0) is 4.79 Å². The third-order valence-corrected chi connectivity index (χ3v) is 3.47. The molecular weight excluding hydrogens is 284 g/mol. The maximum absolute atomic E-state index is 11.2. The molecule has 0 aliphatic rings. The molecule has 0 atom stereocenters. The smallest absolute Gasteiger partial charge is 0.221 e. The minimum absolute atomic E-state index is 0.0688. The highest BCUT2D eigenvalue weighted by atomic mass is 16.1. The molecule has 23 heavy (non-hydrogen) atoms. The standard InChI is InChI=1S/C20H18N2O/c1-16(23)21-17-12-14-20(15-13-17)22(18-8-4-2-5-9-18)19-10-6-3-7-11-19/h2-15H,1H3,(H,21,23). The predicted molar refractivity (Wildman–Crippen MR) is 95.4 cm³/mol. The molecule has 1 amide bonds. The summed E-state index contributed by atoms with van der Waals surface area (Å²) in [5.41, 5.74) is 4.01. The Morgan fingerprint density at radius 1 is 0.696 bits per heavy atom. The Hall–Kier alpha value is -3.07.